The molecule has 9 rings (SSSR count). The van der Waals surface area contributed by atoms with Crippen LogP contribution in [0.15, 0.2) is 168 Å². The first-order chi connectivity index (χ1) is 23.3. The van der Waals surface area contributed by atoms with Gasteiger partial charge in [-0.2, -0.15) is 0 Å². The predicted molar refractivity (Wildman–Crippen MR) is 192 cm³/mol. The number of nitrogens with zero attached hydrogens (tertiary/aromatic N) is 3. The minimum atomic E-state index is 0.608. The molecule has 0 spiro atoms. The van der Waals surface area contributed by atoms with Crippen LogP contribution in [0.25, 0.3) is 89.1 Å². The van der Waals surface area contributed by atoms with Gasteiger partial charge >= 0.3 is 0 Å². The number of para-hydroxylation sites is 1. The first-order valence-corrected chi connectivity index (χ1v) is 15.7. The Hall–Kier alpha value is -6.39. The Kier molecular flexibility index (Phi) is 6.43. The lowest BCUT2D eigenvalue weighted by atomic mass is 9.95. The Labute approximate surface area is 271 Å². The summed E-state index contributed by atoms with van der Waals surface area (Å²) in [4.78, 5) is 15.3. The monoisotopic (exact) mass is 601 g/mol. The number of hydrogen-bond donors (Lipinski definition) is 0. The predicted octanol–water partition coefficient (Wildman–Crippen LogP) is 11.3. The molecular formula is C43H27N3O. The van der Waals surface area contributed by atoms with Crippen molar-refractivity contribution in [2.75, 3.05) is 0 Å². The fourth-order valence-corrected chi connectivity index (χ4v) is 6.34. The molecule has 0 bridgehead atoms. The smallest absolute Gasteiger partial charge is 0.164 e. The van der Waals surface area contributed by atoms with E-state index in [0.29, 0.717) is 17.5 Å². The fraction of sp³-hybridized carbons (Fsp3) is 0. The number of rotatable bonds is 5. The Bertz CT molecular complexity index is 2550. The normalized spacial score (nSPS) is 11.4. The van der Waals surface area contributed by atoms with E-state index in [0.717, 1.165) is 60.7 Å². The van der Waals surface area contributed by atoms with Crippen molar-refractivity contribution in [3.8, 4) is 56.4 Å². The molecule has 0 N–H and O–H groups in total. The Morgan fingerprint density at radius 3 is 1.68 bits per heavy atom. The van der Waals surface area contributed by atoms with Crippen molar-refractivity contribution in [3.05, 3.63) is 164 Å². The first-order valence-electron chi connectivity index (χ1n) is 15.7. The van der Waals surface area contributed by atoms with Crippen molar-refractivity contribution in [2.45, 2.75) is 0 Å². The van der Waals surface area contributed by atoms with E-state index in [9.17, 15) is 0 Å². The maximum Gasteiger partial charge on any atom is 0.164 e. The van der Waals surface area contributed by atoms with Crippen LogP contribution < -0.4 is 0 Å². The second-order valence-electron chi connectivity index (χ2n) is 11.7. The summed E-state index contributed by atoms with van der Waals surface area (Å²) < 4.78 is 6.37. The molecule has 4 heteroatoms. The van der Waals surface area contributed by atoms with E-state index < -0.39 is 0 Å². The molecule has 4 nitrogen and oxygen atoms in total. The van der Waals surface area contributed by atoms with Crippen LogP contribution in [0.4, 0.5) is 0 Å². The minimum Gasteiger partial charge on any atom is -0.456 e. The van der Waals surface area contributed by atoms with Crippen molar-refractivity contribution >= 4 is 32.7 Å². The lowest BCUT2D eigenvalue weighted by molar-refractivity contribution is 0.669. The summed E-state index contributed by atoms with van der Waals surface area (Å²) >= 11 is 0. The maximum atomic E-state index is 6.37. The zero-order valence-electron chi connectivity index (χ0n) is 25.3. The van der Waals surface area contributed by atoms with Crippen molar-refractivity contribution in [3.63, 3.8) is 0 Å². The fourth-order valence-electron chi connectivity index (χ4n) is 6.34. The number of furan rings is 1. The Morgan fingerprint density at radius 2 is 0.894 bits per heavy atom. The van der Waals surface area contributed by atoms with Gasteiger partial charge in [0.25, 0.3) is 0 Å². The van der Waals surface area contributed by atoms with E-state index in [1.807, 2.05) is 54.6 Å². The second-order valence-corrected chi connectivity index (χ2v) is 11.7. The number of fused-ring (bicyclic) bond motifs is 4. The lowest BCUT2D eigenvalue weighted by Crippen LogP contribution is -2.01. The van der Waals surface area contributed by atoms with E-state index in [-0.39, 0.29) is 0 Å². The van der Waals surface area contributed by atoms with Crippen LogP contribution in [0.3, 0.4) is 0 Å². The van der Waals surface area contributed by atoms with Crippen LogP contribution >= 0.6 is 0 Å². The van der Waals surface area contributed by atoms with Crippen LogP contribution in [-0.4, -0.2) is 15.0 Å². The molecule has 0 aliphatic heterocycles. The quantitative estimate of drug-likeness (QED) is 0.197. The Balaban J connectivity index is 1.29. The highest BCUT2D eigenvalue weighted by atomic mass is 16.3. The molecule has 2 aromatic heterocycles. The molecule has 0 radical (unpaired) electrons. The average molecular weight is 602 g/mol. The molecule has 7 aromatic carbocycles. The van der Waals surface area contributed by atoms with E-state index in [2.05, 4.69) is 109 Å². The van der Waals surface area contributed by atoms with Gasteiger partial charge in [0.2, 0.25) is 0 Å². The third-order valence-corrected chi connectivity index (χ3v) is 8.74. The number of hydrogen-bond acceptors (Lipinski definition) is 4. The molecule has 0 aliphatic rings. The molecule has 0 unspecified atom stereocenters. The topological polar surface area (TPSA) is 51.8 Å². The van der Waals surface area contributed by atoms with Crippen LogP contribution in [-0.2, 0) is 0 Å². The van der Waals surface area contributed by atoms with Crippen LogP contribution in [0.2, 0.25) is 0 Å². The summed E-state index contributed by atoms with van der Waals surface area (Å²) in [5.74, 6) is 1.86. The maximum absolute atomic E-state index is 6.37. The van der Waals surface area contributed by atoms with Crippen molar-refractivity contribution in [1.29, 1.82) is 0 Å². The molecule has 47 heavy (non-hydrogen) atoms. The highest BCUT2D eigenvalue weighted by Crippen LogP contribution is 2.40. The summed E-state index contributed by atoms with van der Waals surface area (Å²) in [6.45, 7) is 0. The first kappa shape index (κ1) is 27.0. The largest absolute Gasteiger partial charge is 0.456 e. The summed E-state index contributed by atoms with van der Waals surface area (Å²) in [6.07, 6.45) is 0. The number of aromatic nitrogens is 3. The Morgan fingerprint density at radius 1 is 0.319 bits per heavy atom. The standard InChI is InChI=1S/C43H27N3O/c1-3-11-28(12-4-1)30-19-22-31(23-20-30)36-27-40-37(35-17-9-10-18-39(35)47-40)26-38(36)43-45-41(32-14-5-2-6-15-32)44-42(46-43)34-24-21-29-13-7-8-16-33(29)25-34/h1-27H. The van der Waals surface area contributed by atoms with Crippen LogP contribution in [0, 0.1) is 0 Å². The molecule has 0 fully saturated rings. The van der Waals surface area contributed by atoms with E-state index in [1.165, 1.54) is 10.9 Å². The van der Waals surface area contributed by atoms with Gasteiger partial charge in [-0.3, -0.25) is 0 Å². The highest BCUT2D eigenvalue weighted by molar-refractivity contribution is 6.08. The molecule has 0 atom stereocenters. The van der Waals surface area contributed by atoms with Gasteiger partial charge in [-0.05, 0) is 57.3 Å². The highest BCUT2D eigenvalue weighted by Gasteiger charge is 2.19. The minimum absolute atomic E-state index is 0.608. The molecule has 0 amide bonds. The van der Waals surface area contributed by atoms with Gasteiger partial charge in [-0.25, -0.2) is 15.0 Å². The molecule has 2 heterocycles. The zero-order valence-corrected chi connectivity index (χ0v) is 25.3. The second kappa shape index (κ2) is 11.2. The van der Waals surface area contributed by atoms with Gasteiger partial charge in [0, 0.05) is 27.5 Å². The summed E-state index contributed by atoms with van der Waals surface area (Å²) in [5, 5.41) is 4.39. The van der Waals surface area contributed by atoms with Gasteiger partial charge in [-0.15, -0.1) is 0 Å². The van der Waals surface area contributed by atoms with Gasteiger partial charge in [0.05, 0.1) is 0 Å². The van der Waals surface area contributed by atoms with Crippen LogP contribution in [0.5, 0.6) is 0 Å². The summed E-state index contributed by atoms with van der Waals surface area (Å²) in [5.41, 5.74) is 8.84. The van der Waals surface area contributed by atoms with E-state index in [1.54, 1.807) is 0 Å². The molecule has 0 saturated carbocycles. The third kappa shape index (κ3) is 4.93. The molecule has 0 aliphatic carbocycles. The summed E-state index contributed by atoms with van der Waals surface area (Å²) in [6, 6.07) is 56.4. The van der Waals surface area contributed by atoms with Gasteiger partial charge in [0.1, 0.15) is 11.2 Å². The molecule has 9 aromatic rings. The van der Waals surface area contributed by atoms with E-state index >= 15 is 0 Å². The van der Waals surface area contributed by atoms with Crippen molar-refractivity contribution in [2.24, 2.45) is 0 Å². The molecule has 220 valence electrons. The van der Waals surface area contributed by atoms with E-state index in [4.69, 9.17) is 19.4 Å². The van der Waals surface area contributed by atoms with Gasteiger partial charge in [-0.1, -0.05) is 140 Å². The lowest BCUT2D eigenvalue weighted by Gasteiger charge is -2.13. The number of benzene rings is 7. The van der Waals surface area contributed by atoms with Crippen molar-refractivity contribution in [1.82, 2.24) is 15.0 Å². The zero-order chi connectivity index (χ0) is 31.2. The summed E-state index contributed by atoms with van der Waals surface area (Å²) in [7, 11) is 0. The van der Waals surface area contributed by atoms with Gasteiger partial charge in [0.15, 0.2) is 17.5 Å². The average Bonchev–Trinajstić information content (AvgIpc) is 3.52. The molecule has 0 saturated heterocycles. The molecular weight excluding hydrogens is 574 g/mol. The third-order valence-electron chi connectivity index (χ3n) is 8.74. The van der Waals surface area contributed by atoms with Crippen molar-refractivity contribution < 1.29 is 4.42 Å². The SMILES string of the molecule is c1ccc(-c2ccc(-c3cc4oc5ccccc5c4cc3-c3nc(-c4ccccc4)nc(-c4ccc5ccccc5c4)n3)cc2)cc1. The van der Waals surface area contributed by atoms with Crippen LogP contribution in [0.1, 0.15) is 0 Å². The van der Waals surface area contributed by atoms with Gasteiger partial charge < -0.3 is 4.42 Å².